The van der Waals surface area contributed by atoms with E-state index in [2.05, 4.69) is 0 Å². The topological polar surface area (TPSA) is 43.1 Å². The third kappa shape index (κ3) is 2.69. The van der Waals surface area contributed by atoms with Gasteiger partial charge in [-0.25, -0.2) is 0 Å². The zero-order valence-corrected chi connectivity index (χ0v) is 9.57. The molecule has 3 nitrogen and oxygen atoms in total. The van der Waals surface area contributed by atoms with Crippen LogP contribution in [0.5, 0.6) is 0 Å². The highest BCUT2D eigenvalue weighted by atomic mass is 35.5. The summed E-state index contributed by atoms with van der Waals surface area (Å²) in [6, 6.07) is 6.79. The van der Waals surface area contributed by atoms with E-state index >= 15 is 0 Å². The zero-order valence-electron chi connectivity index (χ0n) is 8.81. The molecule has 1 rings (SSSR count). The molecule has 0 aliphatic rings. The van der Waals surface area contributed by atoms with E-state index in [9.17, 15) is 10.1 Å². The van der Waals surface area contributed by atoms with Gasteiger partial charge in [0.25, 0.3) is 5.69 Å². The van der Waals surface area contributed by atoms with Crippen molar-refractivity contribution >= 4 is 17.3 Å². The average molecular weight is 228 g/mol. The molecule has 4 heteroatoms. The third-order valence-corrected chi connectivity index (χ3v) is 2.83. The van der Waals surface area contributed by atoms with Crippen molar-refractivity contribution in [3.8, 4) is 0 Å². The van der Waals surface area contributed by atoms with Crippen LogP contribution >= 0.6 is 11.6 Å². The van der Waals surface area contributed by atoms with Crippen LogP contribution in [0.1, 0.15) is 31.7 Å². The van der Waals surface area contributed by atoms with Crippen molar-refractivity contribution in [2.75, 3.05) is 0 Å². The van der Waals surface area contributed by atoms with Gasteiger partial charge < -0.3 is 0 Å². The van der Waals surface area contributed by atoms with Crippen LogP contribution < -0.4 is 0 Å². The van der Waals surface area contributed by atoms with Crippen molar-refractivity contribution in [1.82, 2.24) is 0 Å². The molecule has 0 saturated heterocycles. The second-order valence-electron chi connectivity index (χ2n) is 3.51. The average Bonchev–Trinajstić information content (AvgIpc) is 2.18. The van der Waals surface area contributed by atoms with E-state index in [0.717, 1.165) is 12.0 Å². The Morgan fingerprint density at radius 3 is 2.53 bits per heavy atom. The van der Waals surface area contributed by atoms with Crippen LogP contribution in [0.4, 0.5) is 5.69 Å². The molecule has 1 aromatic carbocycles. The Morgan fingerprint density at radius 1 is 1.47 bits per heavy atom. The van der Waals surface area contributed by atoms with Gasteiger partial charge in [0.15, 0.2) is 0 Å². The third-order valence-electron chi connectivity index (χ3n) is 2.53. The van der Waals surface area contributed by atoms with Gasteiger partial charge in [-0.15, -0.1) is 11.6 Å². The lowest BCUT2D eigenvalue weighted by molar-refractivity contribution is -0.385. The molecule has 0 aliphatic carbocycles. The van der Waals surface area contributed by atoms with Gasteiger partial charge in [-0.3, -0.25) is 10.1 Å². The van der Waals surface area contributed by atoms with Gasteiger partial charge in [-0.2, -0.15) is 0 Å². The predicted molar refractivity (Wildman–Crippen MR) is 61.4 cm³/mol. The number of benzene rings is 1. The Morgan fingerprint density at radius 2 is 2.07 bits per heavy atom. The maximum Gasteiger partial charge on any atom is 0.272 e. The smallest absolute Gasteiger partial charge is 0.258 e. The molecule has 0 heterocycles. The highest BCUT2D eigenvalue weighted by Crippen LogP contribution is 2.33. The maximum absolute atomic E-state index is 10.8. The second kappa shape index (κ2) is 5.12. The van der Waals surface area contributed by atoms with E-state index in [0.29, 0.717) is 0 Å². The number of nitrogens with zero attached hydrogens (tertiary/aromatic N) is 1. The quantitative estimate of drug-likeness (QED) is 0.447. The highest BCUT2D eigenvalue weighted by molar-refractivity contribution is 6.20. The number of halogens is 1. The molecule has 0 aliphatic heterocycles. The molecule has 2 atom stereocenters. The standard InChI is InChI=1S/C11H14ClNO2/c1-3-9(8(2)12)10-6-4-5-7-11(10)13(14)15/h4-9H,3H2,1-2H3. The molecular formula is C11H14ClNO2. The Balaban J connectivity index is 3.16. The van der Waals surface area contributed by atoms with E-state index in [-0.39, 0.29) is 21.9 Å². The van der Waals surface area contributed by atoms with Gasteiger partial charge in [-0.1, -0.05) is 25.1 Å². The van der Waals surface area contributed by atoms with E-state index in [4.69, 9.17) is 11.6 Å². The van der Waals surface area contributed by atoms with Gasteiger partial charge in [0.1, 0.15) is 0 Å². The van der Waals surface area contributed by atoms with E-state index in [1.807, 2.05) is 19.9 Å². The molecule has 1 aromatic rings. The Hall–Kier alpha value is -1.09. The van der Waals surface area contributed by atoms with Crippen LogP contribution in [0.25, 0.3) is 0 Å². The first kappa shape index (κ1) is 12.0. The van der Waals surface area contributed by atoms with Crippen molar-refractivity contribution in [3.63, 3.8) is 0 Å². The molecule has 0 fully saturated rings. The van der Waals surface area contributed by atoms with Crippen molar-refractivity contribution in [3.05, 3.63) is 39.9 Å². The first-order chi connectivity index (χ1) is 7.07. The fraction of sp³-hybridized carbons (Fsp3) is 0.455. The molecule has 0 aromatic heterocycles. The fourth-order valence-electron chi connectivity index (χ4n) is 1.76. The monoisotopic (exact) mass is 227 g/mol. The normalized spacial score (nSPS) is 14.6. The first-order valence-corrected chi connectivity index (χ1v) is 5.39. The number of hydrogen-bond acceptors (Lipinski definition) is 2. The molecule has 0 spiro atoms. The second-order valence-corrected chi connectivity index (χ2v) is 4.20. The molecular weight excluding hydrogens is 214 g/mol. The number of nitro benzene ring substituents is 1. The lowest BCUT2D eigenvalue weighted by atomic mass is 9.92. The molecule has 82 valence electrons. The fourth-order valence-corrected chi connectivity index (χ4v) is 2.07. The number of nitro groups is 1. The van der Waals surface area contributed by atoms with E-state index < -0.39 is 0 Å². The summed E-state index contributed by atoms with van der Waals surface area (Å²) < 4.78 is 0. The Labute approximate surface area is 94.2 Å². The molecule has 2 unspecified atom stereocenters. The summed E-state index contributed by atoms with van der Waals surface area (Å²) in [5.41, 5.74) is 0.893. The van der Waals surface area contributed by atoms with E-state index in [1.54, 1.807) is 12.1 Å². The number of para-hydroxylation sites is 1. The van der Waals surface area contributed by atoms with Crippen molar-refractivity contribution in [2.45, 2.75) is 31.6 Å². The van der Waals surface area contributed by atoms with Crippen LogP contribution in [0.2, 0.25) is 0 Å². The van der Waals surface area contributed by atoms with Crippen molar-refractivity contribution < 1.29 is 4.92 Å². The molecule has 0 radical (unpaired) electrons. The highest BCUT2D eigenvalue weighted by Gasteiger charge is 2.23. The lowest BCUT2D eigenvalue weighted by Gasteiger charge is -2.17. The van der Waals surface area contributed by atoms with Gasteiger partial charge in [0.2, 0.25) is 0 Å². The van der Waals surface area contributed by atoms with Gasteiger partial charge in [-0.05, 0) is 13.3 Å². The maximum atomic E-state index is 10.8. The molecule has 0 bridgehead atoms. The van der Waals surface area contributed by atoms with Crippen LogP contribution in [0.15, 0.2) is 24.3 Å². The number of hydrogen-bond donors (Lipinski definition) is 0. The summed E-state index contributed by atoms with van der Waals surface area (Å²) >= 11 is 6.03. The van der Waals surface area contributed by atoms with Gasteiger partial charge >= 0.3 is 0 Å². The Kier molecular flexibility index (Phi) is 4.09. The SMILES string of the molecule is CCC(c1ccccc1[N+](=O)[O-])C(C)Cl. The summed E-state index contributed by atoms with van der Waals surface area (Å²) in [6.07, 6.45) is 0.801. The minimum atomic E-state index is -0.350. The van der Waals surface area contributed by atoms with Crippen LogP contribution in [0, 0.1) is 10.1 Å². The van der Waals surface area contributed by atoms with Gasteiger partial charge in [0.05, 0.1) is 4.92 Å². The summed E-state index contributed by atoms with van der Waals surface area (Å²) in [6.45, 7) is 3.85. The molecule has 0 saturated carbocycles. The van der Waals surface area contributed by atoms with Crippen LogP contribution in [-0.4, -0.2) is 10.3 Å². The summed E-state index contributed by atoms with van der Waals surface area (Å²) in [4.78, 5) is 10.5. The van der Waals surface area contributed by atoms with Crippen molar-refractivity contribution in [2.24, 2.45) is 0 Å². The van der Waals surface area contributed by atoms with Gasteiger partial charge in [0, 0.05) is 22.9 Å². The molecule has 0 amide bonds. The lowest BCUT2D eigenvalue weighted by Crippen LogP contribution is -2.10. The van der Waals surface area contributed by atoms with Crippen LogP contribution in [0.3, 0.4) is 0 Å². The largest absolute Gasteiger partial charge is 0.272 e. The molecule has 15 heavy (non-hydrogen) atoms. The first-order valence-electron chi connectivity index (χ1n) is 4.95. The number of alkyl halides is 1. The summed E-state index contributed by atoms with van der Waals surface area (Å²) in [5, 5.41) is 10.7. The number of rotatable bonds is 4. The predicted octanol–water partition coefficient (Wildman–Crippen LogP) is 3.72. The minimum absolute atomic E-state index is 0.0354. The van der Waals surface area contributed by atoms with Crippen LogP contribution in [-0.2, 0) is 0 Å². The van der Waals surface area contributed by atoms with Crippen molar-refractivity contribution in [1.29, 1.82) is 0 Å². The van der Waals surface area contributed by atoms with E-state index in [1.165, 1.54) is 6.07 Å². The zero-order chi connectivity index (χ0) is 11.4. The minimum Gasteiger partial charge on any atom is -0.258 e. The Bertz CT molecular complexity index is 352. The molecule has 0 N–H and O–H groups in total. The summed E-state index contributed by atoms with van der Waals surface area (Å²) in [7, 11) is 0. The summed E-state index contributed by atoms with van der Waals surface area (Å²) in [5.74, 6) is 0.0354.